The largest absolute Gasteiger partial charge is 0.481 e. The number of benzene rings is 2. The first-order valence-corrected chi connectivity index (χ1v) is 7.77. The average Bonchev–Trinajstić information content (AvgIpc) is 2.61. The Kier molecular flexibility index (Phi) is 6.23. The van der Waals surface area contributed by atoms with Gasteiger partial charge in [0.2, 0.25) is 0 Å². The van der Waals surface area contributed by atoms with Crippen LogP contribution < -0.4 is 10.1 Å². The van der Waals surface area contributed by atoms with Crippen molar-refractivity contribution in [2.45, 2.75) is 6.92 Å². The van der Waals surface area contributed by atoms with Gasteiger partial charge in [0.05, 0.1) is 0 Å². The summed E-state index contributed by atoms with van der Waals surface area (Å²) < 4.78 is 5.28. The van der Waals surface area contributed by atoms with Crippen molar-refractivity contribution >= 4 is 29.3 Å². The summed E-state index contributed by atoms with van der Waals surface area (Å²) in [4.78, 5) is 12.3. The van der Waals surface area contributed by atoms with Gasteiger partial charge in [-0.15, -0.1) is 6.42 Å². The first-order valence-electron chi connectivity index (χ1n) is 7.39. The topological polar surface area (TPSA) is 62.1 Å². The minimum absolute atomic E-state index is 0.0170. The van der Waals surface area contributed by atoms with Gasteiger partial charge >= 0.3 is 0 Å². The molecule has 0 bridgehead atoms. The highest BCUT2D eigenvalue weighted by molar-refractivity contribution is 6.31. The molecule has 2 rings (SSSR count). The Morgan fingerprint density at radius 1 is 1.32 bits per heavy atom. The van der Waals surface area contributed by atoms with Crippen LogP contribution in [0.15, 0.2) is 48.0 Å². The smallest absolute Gasteiger partial charge is 0.266 e. The molecule has 0 aliphatic heterocycles. The number of anilines is 1. The Morgan fingerprint density at radius 2 is 2.04 bits per heavy atom. The van der Waals surface area contributed by atoms with E-state index in [1.54, 1.807) is 42.5 Å². The van der Waals surface area contributed by atoms with E-state index in [9.17, 15) is 10.1 Å². The van der Waals surface area contributed by atoms with E-state index in [4.69, 9.17) is 22.8 Å². The van der Waals surface area contributed by atoms with Gasteiger partial charge in [-0.2, -0.15) is 5.26 Å². The minimum Gasteiger partial charge on any atom is -0.481 e. The SMILES string of the molecule is C#CCOc1ccc(/C=C(\C#N)C(=O)Nc2cc(Cl)ccc2C)cc1. The van der Waals surface area contributed by atoms with Crippen LogP contribution in [-0.4, -0.2) is 12.5 Å². The predicted molar refractivity (Wildman–Crippen MR) is 99.2 cm³/mol. The van der Waals surface area contributed by atoms with Gasteiger partial charge in [0, 0.05) is 10.7 Å². The number of carbonyl (C=O) groups is 1. The van der Waals surface area contributed by atoms with Gasteiger partial charge in [0.25, 0.3) is 5.91 Å². The summed E-state index contributed by atoms with van der Waals surface area (Å²) in [5, 5.41) is 12.5. The number of halogens is 1. The molecule has 0 heterocycles. The zero-order valence-corrected chi connectivity index (χ0v) is 14.3. The van der Waals surface area contributed by atoms with Crippen LogP contribution in [0.25, 0.3) is 6.08 Å². The lowest BCUT2D eigenvalue weighted by Crippen LogP contribution is -2.14. The van der Waals surface area contributed by atoms with Crippen molar-refractivity contribution in [3.63, 3.8) is 0 Å². The van der Waals surface area contributed by atoms with Crippen LogP contribution >= 0.6 is 11.6 Å². The first-order chi connectivity index (χ1) is 12.0. The summed E-state index contributed by atoms with van der Waals surface area (Å²) in [7, 11) is 0. The minimum atomic E-state index is -0.500. The molecule has 0 saturated heterocycles. The van der Waals surface area contributed by atoms with E-state index in [-0.39, 0.29) is 12.2 Å². The van der Waals surface area contributed by atoms with Crippen molar-refractivity contribution in [1.29, 1.82) is 5.26 Å². The van der Waals surface area contributed by atoms with Gasteiger partial charge in [0.1, 0.15) is 24.0 Å². The molecule has 0 atom stereocenters. The third kappa shape index (κ3) is 5.14. The molecule has 0 fully saturated rings. The molecule has 0 unspecified atom stereocenters. The quantitative estimate of drug-likeness (QED) is 0.499. The molecule has 0 saturated carbocycles. The highest BCUT2D eigenvalue weighted by Crippen LogP contribution is 2.21. The van der Waals surface area contributed by atoms with E-state index in [1.807, 2.05) is 13.0 Å². The van der Waals surface area contributed by atoms with E-state index < -0.39 is 5.91 Å². The molecule has 0 radical (unpaired) electrons. The summed E-state index contributed by atoms with van der Waals surface area (Å²) >= 11 is 5.94. The van der Waals surface area contributed by atoms with Crippen molar-refractivity contribution in [2.75, 3.05) is 11.9 Å². The number of nitrogens with one attached hydrogen (secondary N) is 1. The number of carbonyl (C=O) groups excluding carboxylic acids is 1. The number of terminal acetylenes is 1. The zero-order valence-electron chi connectivity index (χ0n) is 13.5. The average molecular weight is 351 g/mol. The van der Waals surface area contributed by atoms with Gasteiger partial charge in [-0.25, -0.2) is 0 Å². The third-order valence-electron chi connectivity index (χ3n) is 3.33. The van der Waals surface area contributed by atoms with Crippen LogP contribution in [0.3, 0.4) is 0 Å². The summed E-state index contributed by atoms with van der Waals surface area (Å²) in [5.74, 6) is 2.50. The monoisotopic (exact) mass is 350 g/mol. The van der Waals surface area contributed by atoms with E-state index >= 15 is 0 Å². The van der Waals surface area contributed by atoms with Crippen molar-refractivity contribution in [2.24, 2.45) is 0 Å². The Labute approximate surface area is 151 Å². The molecule has 2 aromatic carbocycles. The molecular weight excluding hydrogens is 336 g/mol. The van der Waals surface area contributed by atoms with Crippen molar-refractivity contribution in [1.82, 2.24) is 0 Å². The second-order valence-corrected chi connectivity index (χ2v) is 5.58. The molecule has 1 N–H and O–H groups in total. The Balaban J connectivity index is 2.16. The van der Waals surface area contributed by atoms with Crippen LogP contribution in [0.5, 0.6) is 5.75 Å². The lowest BCUT2D eigenvalue weighted by Gasteiger charge is -2.08. The Hall–Kier alpha value is -3.21. The van der Waals surface area contributed by atoms with Crippen molar-refractivity contribution in [3.8, 4) is 24.2 Å². The molecule has 0 spiro atoms. The fraction of sp³-hybridized carbons (Fsp3) is 0.100. The summed E-state index contributed by atoms with van der Waals surface area (Å²) in [5.41, 5.74) is 2.10. The molecule has 1 amide bonds. The number of aryl methyl sites for hydroxylation is 1. The number of hydrogen-bond acceptors (Lipinski definition) is 3. The summed E-state index contributed by atoms with van der Waals surface area (Å²) in [6.45, 7) is 2.02. The van der Waals surface area contributed by atoms with Gasteiger partial charge in [-0.05, 0) is 48.4 Å². The van der Waals surface area contributed by atoms with Crippen LogP contribution in [-0.2, 0) is 4.79 Å². The third-order valence-corrected chi connectivity index (χ3v) is 3.56. The lowest BCUT2D eigenvalue weighted by atomic mass is 10.1. The number of ether oxygens (including phenoxy) is 1. The highest BCUT2D eigenvalue weighted by atomic mass is 35.5. The number of nitrogens with zero attached hydrogens (tertiary/aromatic N) is 1. The number of hydrogen-bond donors (Lipinski definition) is 1. The summed E-state index contributed by atoms with van der Waals surface area (Å²) in [6.07, 6.45) is 6.63. The molecule has 25 heavy (non-hydrogen) atoms. The normalized spacial score (nSPS) is 10.5. The van der Waals surface area contributed by atoms with Crippen LogP contribution in [0.1, 0.15) is 11.1 Å². The van der Waals surface area contributed by atoms with Crippen molar-refractivity contribution < 1.29 is 9.53 Å². The van der Waals surface area contributed by atoms with Gasteiger partial charge in [0.15, 0.2) is 0 Å². The van der Waals surface area contributed by atoms with Crippen LogP contribution in [0.2, 0.25) is 5.02 Å². The highest BCUT2D eigenvalue weighted by Gasteiger charge is 2.11. The van der Waals surface area contributed by atoms with Gasteiger partial charge < -0.3 is 10.1 Å². The fourth-order valence-corrected chi connectivity index (χ4v) is 2.19. The summed E-state index contributed by atoms with van der Waals surface area (Å²) in [6, 6.07) is 14.0. The van der Waals surface area contributed by atoms with Crippen molar-refractivity contribution in [3.05, 3.63) is 64.2 Å². The molecule has 124 valence electrons. The molecule has 0 aromatic heterocycles. The predicted octanol–water partition coefficient (Wildman–Crippen LogP) is 4.21. The first kappa shape index (κ1) is 18.1. The Bertz CT molecular complexity index is 887. The van der Waals surface area contributed by atoms with E-state index in [1.165, 1.54) is 6.08 Å². The Morgan fingerprint density at radius 3 is 2.68 bits per heavy atom. The second kappa shape index (κ2) is 8.59. The fourth-order valence-electron chi connectivity index (χ4n) is 2.02. The maximum absolute atomic E-state index is 12.3. The maximum atomic E-state index is 12.3. The number of amides is 1. The molecule has 4 nitrogen and oxygen atoms in total. The lowest BCUT2D eigenvalue weighted by molar-refractivity contribution is -0.112. The zero-order chi connectivity index (χ0) is 18.2. The van der Waals surface area contributed by atoms with E-state index in [0.717, 1.165) is 5.56 Å². The van der Waals surface area contributed by atoms with Gasteiger partial charge in [-0.3, -0.25) is 4.79 Å². The standard InChI is InChI=1S/C20H15ClN2O2/c1-3-10-25-18-8-5-15(6-9-18)11-16(13-22)20(24)23-19-12-17(21)7-4-14(19)2/h1,4-9,11-12H,10H2,2H3,(H,23,24)/b16-11+. The van der Waals surface area contributed by atoms with Crippen LogP contribution in [0.4, 0.5) is 5.69 Å². The maximum Gasteiger partial charge on any atom is 0.266 e. The molecule has 0 aliphatic rings. The van der Waals surface area contributed by atoms with Crippen LogP contribution in [0, 0.1) is 30.6 Å². The van der Waals surface area contributed by atoms with Gasteiger partial charge in [-0.1, -0.05) is 35.7 Å². The second-order valence-electron chi connectivity index (χ2n) is 5.15. The van der Waals surface area contributed by atoms with E-state index in [0.29, 0.717) is 22.0 Å². The molecule has 0 aliphatic carbocycles. The number of nitriles is 1. The number of rotatable bonds is 5. The molecular formula is C20H15ClN2O2. The molecule has 5 heteroatoms. The molecule has 2 aromatic rings. The van der Waals surface area contributed by atoms with E-state index in [2.05, 4.69) is 11.2 Å².